The molecular weight excluding hydrogens is 284 g/mol. The predicted molar refractivity (Wildman–Crippen MR) is 86.3 cm³/mol. The Morgan fingerprint density at radius 1 is 1.27 bits per heavy atom. The van der Waals surface area contributed by atoms with Crippen LogP contribution in [0.15, 0.2) is 24.3 Å². The van der Waals surface area contributed by atoms with Gasteiger partial charge < -0.3 is 19.9 Å². The molecule has 0 saturated carbocycles. The first-order valence-corrected chi connectivity index (χ1v) is 7.57. The second kappa shape index (κ2) is 10.0. The average Bonchev–Trinajstić information content (AvgIpc) is 2.50. The summed E-state index contributed by atoms with van der Waals surface area (Å²) in [5.41, 5.74) is 0.520. The molecular formula is C16H26N2O4. The third-order valence-corrected chi connectivity index (χ3v) is 2.73. The van der Waals surface area contributed by atoms with Crippen LogP contribution in [0.3, 0.4) is 0 Å². The van der Waals surface area contributed by atoms with Gasteiger partial charge in [-0.1, -0.05) is 32.9 Å². The van der Waals surface area contributed by atoms with Crippen LogP contribution < -0.4 is 15.4 Å². The molecule has 1 amide bonds. The smallest absolute Gasteiger partial charge is 0.411 e. The second-order valence-corrected chi connectivity index (χ2v) is 5.39. The van der Waals surface area contributed by atoms with E-state index in [0.717, 1.165) is 6.54 Å². The van der Waals surface area contributed by atoms with Gasteiger partial charge in [0.15, 0.2) is 0 Å². The summed E-state index contributed by atoms with van der Waals surface area (Å²) in [6.45, 7) is 7.66. The van der Waals surface area contributed by atoms with Crippen LogP contribution in [-0.2, 0) is 4.74 Å². The number of carbonyl (C=O) groups is 1. The van der Waals surface area contributed by atoms with Crippen LogP contribution in [0.4, 0.5) is 10.5 Å². The Bertz CT molecular complexity index is 452. The Hall–Kier alpha value is -1.79. The molecule has 1 atom stereocenters. The third kappa shape index (κ3) is 7.28. The summed E-state index contributed by atoms with van der Waals surface area (Å²) in [6, 6.07) is 7.05. The van der Waals surface area contributed by atoms with Gasteiger partial charge in [0, 0.05) is 6.54 Å². The molecule has 0 heterocycles. The molecule has 0 bridgehead atoms. The number of aliphatic hydroxyl groups is 1. The number of para-hydroxylation sites is 2. The molecule has 3 N–H and O–H groups in total. The lowest BCUT2D eigenvalue weighted by Crippen LogP contribution is -2.31. The molecule has 0 radical (unpaired) electrons. The van der Waals surface area contributed by atoms with E-state index in [4.69, 9.17) is 9.47 Å². The van der Waals surface area contributed by atoms with Crippen LogP contribution in [0.2, 0.25) is 0 Å². The molecule has 0 aliphatic rings. The number of carbonyl (C=O) groups excluding carboxylic acids is 1. The molecule has 22 heavy (non-hydrogen) atoms. The number of anilines is 1. The van der Waals surface area contributed by atoms with Crippen LogP contribution in [0.25, 0.3) is 0 Å². The summed E-state index contributed by atoms with van der Waals surface area (Å²) in [5, 5.41) is 15.4. The van der Waals surface area contributed by atoms with E-state index in [1.807, 2.05) is 20.8 Å². The Morgan fingerprint density at radius 2 is 2.00 bits per heavy atom. The number of nitrogens with one attached hydrogen (secondary N) is 2. The SMILES string of the molecule is CCNCC(O)COc1ccccc1NC(=O)OCC(C)C. The van der Waals surface area contributed by atoms with Crippen LogP contribution in [0, 0.1) is 5.92 Å². The number of amides is 1. The Balaban J connectivity index is 2.52. The van der Waals surface area contributed by atoms with Crippen molar-refractivity contribution in [1.29, 1.82) is 0 Å². The summed E-state index contributed by atoms with van der Waals surface area (Å²) in [7, 11) is 0. The highest BCUT2D eigenvalue weighted by Gasteiger charge is 2.11. The molecule has 6 heteroatoms. The van der Waals surface area contributed by atoms with Crippen molar-refractivity contribution in [2.75, 3.05) is 31.6 Å². The van der Waals surface area contributed by atoms with Crippen molar-refractivity contribution in [3.63, 3.8) is 0 Å². The maximum Gasteiger partial charge on any atom is 0.411 e. The summed E-state index contributed by atoms with van der Waals surface area (Å²) >= 11 is 0. The summed E-state index contributed by atoms with van der Waals surface area (Å²) in [6.07, 6.45) is -1.13. The monoisotopic (exact) mass is 310 g/mol. The Kier molecular flexibility index (Phi) is 8.32. The molecule has 124 valence electrons. The van der Waals surface area contributed by atoms with Gasteiger partial charge in [-0.3, -0.25) is 5.32 Å². The van der Waals surface area contributed by atoms with Crippen molar-refractivity contribution in [1.82, 2.24) is 5.32 Å². The van der Waals surface area contributed by atoms with E-state index >= 15 is 0 Å². The van der Waals surface area contributed by atoms with Gasteiger partial charge >= 0.3 is 6.09 Å². The molecule has 0 aromatic heterocycles. The molecule has 0 saturated heterocycles. The van der Waals surface area contributed by atoms with Gasteiger partial charge in [0.05, 0.1) is 12.3 Å². The van der Waals surface area contributed by atoms with E-state index in [-0.39, 0.29) is 12.5 Å². The van der Waals surface area contributed by atoms with E-state index in [9.17, 15) is 9.90 Å². The van der Waals surface area contributed by atoms with Crippen molar-refractivity contribution in [2.45, 2.75) is 26.9 Å². The van der Waals surface area contributed by atoms with Crippen molar-refractivity contribution in [3.05, 3.63) is 24.3 Å². The number of benzene rings is 1. The fraction of sp³-hybridized carbons (Fsp3) is 0.562. The van der Waals surface area contributed by atoms with Gasteiger partial charge in [-0.05, 0) is 24.6 Å². The van der Waals surface area contributed by atoms with Crippen molar-refractivity contribution in [2.24, 2.45) is 5.92 Å². The molecule has 1 aromatic rings. The highest BCUT2D eigenvalue weighted by atomic mass is 16.5. The fourth-order valence-electron chi connectivity index (χ4n) is 1.64. The van der Waals surface area contributed by atoms with Crippen LogP contribution in [0.1, 0.15) is 20.8 Å². The molecule has 6 nitrogen and oxygen atoms in total. The van der Waals surface area contributed by atoms with E-state index in [1.54, 1.807) is 24.3 Å². The number of ether oxygens (including phenoxy) is 2. The highest BCUT2D eigenvalue weighted by Crippen LogP contribution is 2.24. The standard InChI is InChI=1S/C16H26N2O4/c1-4-17-9-13(19)11-21-15-8-6-5-7-14(15)18-16(20)22-10-12(2)3/h5-8,12-13,17,19H,4,9-11H2,1-3H3,(H,18,20). The zero-order valence-electron chi connectivity index (χ0n) is 13.5. The molecule has 0 aliphatic heterocycles. The van der Waals surface area contributed by atoms with E-state index < -0.39 is 12.2 Å². The summed E-state index contributed by atoms with van der Waals surface area (Å²) in [5.74, 6) is 0.776. The highest BCUT2D eigenvalue weighted by molar-refractivity contribution is 5.86. The second-order valence-electron chi connectivity index (χ2n) is 5.39. The first kappa shape index (κ1) is 18.3. The molecule has 1 rings (SSSR count). The lowest BCUT2D eigenvalue weighted by atomic mass is 10.2. The van der Waals surface area contributed by atoms with Gasteiger partial charge in [-0.15, -0.1) is 0 Å². The largest absolute Gasteiger partial charge is 0.489 e. The van der Waals surface area contributed by atoms with Gasteiger partial charge in [0.2, 0.25) is 0 Å². The fourth-order valence-corrected chi connectivity index (χ4v) is 1.64. The number of likely N-dealkylation sites (N-methyl/N-ethyl adjacent to an activating group) is 1. The molecule has 0 fully saturated rings. The first-order chi connectivity index (χ1) is 10.5. The summed E-state index contributed by atoms with van der Waals surface area (Å²) < 4.78 is 10.6. The van der Waals surface area contributed by atoms with Crippen LogP contribution >= 0.6 is 0 Å². The van der Waals surface area contributed by atoms with Crippen molar-refractivity contribution < 1.29 is 19.4 Å². The Morgan fingerprint density at radius 3 is 2.68 bits per heavy atom. The number of hydrogen-bond acceptors (Lipinski definition) is 5. The summed E-state index contributed by atoms with van der Waals surface area (Å²) in [4.78, 5) is 11.7. The minimum absolute atomic E-state index is 0.146. The maximum absolute atomic E-state index is 11.7. The number of rotatable bonds is 9. The zero-order valence-corrected chi connectivity index (χ0v) is 13.5. The van der Waals surface area contributed by atoms with E-state index in [2.05, 4.69) is 10.6 Å². The molecule has 0 spiro atoms. The van der Waals surface area contributed by atoms with Crippen molar-refractivity contribution >= 4 is 11.8 Å². The molecule has 1 aromatic carbocycles. The quantitative estimate of drug-likeness (QED) is 0.652. The topological polar surface area (TPSA) is 79.8 Å². The van der Waals surface area contributed by atoms with Gasteiger partial charge in [0.25, 0.3) is 0 Å². The maximum atomic E-state index is 11.7. The third-order valence-electron chi connectivity index (χ3n) is 2.73. The first-order valence-electron chi connectivity index (χ1n) is 7.57. The average molecular weight is 310 g/mol. The lowest BCUT2D eigenvalue weighted by molar-refractivity contribution is 0.107. The predicted octanol–water partition coefficient (Wildman–Crippen LogP) is 2.24. The number of aliphatic hydroxyl groups excluding tert-OH is 1. The Labute approximate surface area is 131 Å². The van der Waals surface area contributed by atoms with Crippen LogP contribution in [-0.4, -0.2) is 43.6 Å². The minimum Gasteiger partial charge on any atom is -0.489 e. The normalized spacial score (nSPS) is 12.0. The molecule has 1 unspecified atom stereocenters. The van der Waals surface area contributed by atoms with Gasteiger partial charge in [0.1, 0.15) is 18.5 Å². The lowest BCUT2D eigenvalue weighted by Gasteiger charge is -2.16. The zero-order chi connectivity index (χ0) is 16.4. The van der Waals surface area contributed by atoms with E-state index in [1.165, 1.54) is 0 Å². The van der Waals surface area contributed by atoms with Gasteiger partial charge in [-0.2, -0.15) is 0 Å². The van der Waals surface area contributed by atoms with Gasteiger partial charge in [-0.25, -0.2) is 4.79 Å². The molecule has 0 aliphatic carbocycles. The number of hydrogen-bond donors (Lipinski definition) is 3. The van der Waals surface area contributed by atoms with Crippen molar-refractivity contribution in [3.8, 4) is 5.75 Å². The van der Waals surface area contributed by atoms with E-state index in [0.29, 0.717) is 24.6 Å². The van der Waals surface area contributed by atoms with Crippen LogP contribution in [0.5, 0.6) is 5.75 Å². The minimum atomic E-state index is -0.610.